The van der Waals surface area contributed by atoms with Gasteiger partial charge in [0, 0.05) is 33.9 Å². The number of hydrogen-bond acceptors (Lipinski definition) is 2. The zero-order valence-corrected chi connectivity index (χ0v) is 32.8. The molecule has 0 aliphatic rings. The molecule has 2 heteroatoms. The van der Waals surface area contributed by atoms with Crippen LogP contribution in [-0.2, 0) is 0 Å². The van der Waals surface area contributed by atoms with Crippen molar-refractivity contribution in [2.45, 2.75) is 13.8 Å². The van der Waals surface area contributed by atoms with Crippen LogP contribution in [0, 0.1) is 13.8 Å². The Balaban J connectivity index is 1.25. The van der Waals surface area contributed by atoms with E-state index in [4.69, 9.17) is 0 Å². The number of aryl methyl sites for hydroxylation is 2. The second-order valence-corrected chi connectivity index (χ2v) is 14.7. The van der Waals surface area contributed by atoms with E-state index >= 15 is 0 Å². The molecular formula is C56H44N2. The summed E-state index contributed by atoms with van der Waals surface area (Å²) in [5.74, 6) is 0. The predicted octanol–water partition coefficient (Wildman–Crippen LogP) is 15.9. The highest BCUT2D eigenvalue weighted by Gasteiger charge is 2.22. The lowest BCUT2D eigenvalue weighted by atomic mass is 9.98. The molecule has 9 rings (SSSR count). The van der Waals surface area contributed by atoms with Crippen LogP contribution in [0.3, 0.4) is 0 Å². The van der Waals surface area contributed by atoms with Crippen LogP contribution in [0.4, 0.5) is 34.1 Å². The van der Waals surface area contributed by atoms with Gasteiger partial charge in [-0.1, -0.05) is 176 Å². The van der Waals surface area contributed by atoms with Crippen molar-refractivity contribution in [1.82, 2.24) is 0 Å². The largest absolute Gasteiger partial charge is 0.310 e. The van der Waals surface area contributed by atoms with Gasteiger partial charge in [-0.05, 0) is 113 Å². The average Bonchev–Trinajstić information content (AvgIpc) is 3.28. The van der Waals surface area contributed by atoms with E-state index < -0.39 is 0 Å². The SMILES string of the molecule is Cc1cc(N(c2ccc(-c3ccccc3)cc2)c2ccccc2-c2ccccc2)cc(N(c2ccc(-c3ccccc3)c(C)c2)c2ccccc2-c2ccccc2)c1. The topological polar surface area (TPSA) is 6.48 Å². The third kappa shape index (κ3) is 7.44. The van der Waals surface area contributed by atoms with Gasteiger partial charge < -0.3 is 9.80 Å². The molecule has 0 N–H and O–H groups in total. The van der Waals surface area contributed by atoms with Crippen molar-refractivity contribution < 1.29 is 0 Å². The molecule has 0 amide bonds. The van der Waals surface area contributed by atoms with Gasteiger partial charge in [0.2, 0.25) is 0 Å². The van der Waals surface area contributed by atoms with Crippen LogP contribution in [0.5, 0.6) is 0 Å². The van der Waals surface area contributed by atoms with Crippen molar-refractivity contribution in [2.24, 2.45) is 0 Å². The van der Waals surface area contributed by atoms with Crippen molar-refractivity contribution in [2.75, 3.05) is 9.80 Å². The molecule has 0 saturated heterocycles. The fourth-order valence-corrected chi connectivity index (χ4v) is 8.08. The van der Waals surface area contributed by atoms with Gasteiger partial charge in [-0.2, -0.15) is 0 Å². The Morgan fingerprint density at radius 2 is 0.638 bits per heavy atom. The monoisotopic (exact) mass is 744 g/mol. The molecule has 0 bridgehead atoms. The summed E-state index contributed by atoms with van der Waals surface area (Å²) in [7, 11) is 0. The molecule has 0 radical (unpaired) electrons. The van der Waals surface area contributed by atoms with E-state index in [0.717, 1.165) is 45.3 Å². The molecule has 278 valence electrons. The second-order valence-electron chi connectivity index (χ2n) is 14.7. The molecule has 0 spiro atoms. The van der Waals surface area contributed by atoms with Crippen molar-refractivity contribution in [3.8, 4) is 44.5 Å². The Kier molecular flexibility index (Phi) is 10.2. The molecule has 9 aromatic rings. The standard InChI is InChI=1S/C56H44N2/c1-41-37-50(57(48-33-31-44(32-34-48)43-19-7-3-8-20-43)55-29-17-15-27-53(55)46-23-11-5-12-24-46)40-51(38-41)58(56-30-18-16-28-54(56)47-25-13-6-14-26-47)49-35-36-52(42(2)39-49)45-21-9-4-10-22-45/h3-40H,1-2H3. The minimum atomic E-state index is 1.07. The second kappa shape index (κ2) is 16.4. The molecule has 0 aliphatic carbocycles. The normalized spacial score (nSPS) is 10.9. The van der Waals surface area contributed by atoms with Crippen LogP contribution in [0.1, 0.15) is 11.1 Å². The first-order valence-corrected chi connectivity index (χ1v) is 19.9. The Morgan fingerprint density at radius 1 is 0.259 bits per heavy atom. The first-order chi connectivity index (χ1) is 28.6. The van der Waals surface area contributed by atoms with Crippen molar-refractivity contribution in [1.29, 1.82) is 0 Å². The third-order valence-corrected chi connectivity index (χ3v) is 10.8. The fraction of sp³-hybridized carbons (Fsp3) is 0.0357. The van der Waals surface area contributed by atoms with E-state index in [9.17, 15) is 0 Å². The number of anilines is 6. The Hall–Kier alpha value is -7.42. The van der Waals surface area contributed by atoms with E-state index in [1.165, 1.54) is 44.5 Å². The molecule has 2 nitrogen and oxygen atoms in total. The summed E-state index contributed by atoms with van der Waals surface area (Å²) >= 11 is 0. The summed E-state index contributed by atoms with van der Waals surface area (Å²) in [6.45, 7) is 4.42. The van der Waals surface area contributed by atoms with E-state index in [1.54, 1.807) is 0 Å². The Morgan fingerprint density at radius 3 is 1.12 bits per heavy atom. The maximum absolute atomic E-state index is 2.43. The first-order valence-electron chi connectivity index (χ1n) is 19.9. The van der Waals surface area contributed by atoms with Gasteiger partial charge in [-0.25, -0.2) is 0 Å². The maximum atomic E-state index is 2.43. The smallest absolute Gasteiger partial charge is 0.0540 e. The number of rotatable bonds is 10. The lowest BCUT2D eigenvalue weighted by Gasteiger charge is -2.32. The first kappa shape index (κ1) is 36.2. The van der Waals surface area contributed by atoms with E-state index in [2.05, 4.69) is 254 Å². The van der Waals surface area contributed by atoms with E-state index in [1.807, 2.05) is 0 Å². The summed E-state index contributed by atoms with van der Waals surface area (Å²) in [6.07, 6.45) is 0. The molecule has 0 fully saturated rings. The van der Waals surface area contributed by atoms with Crippen LogP contribution in [0.15, 0.2) is 231 Å². The van der Waals surface area contributed by atoms with Gasteiger partial charge in [-0.15, -0.1) is 0 Å². The number of benzene rings is 9. The van der Waals surface area contributed by atoms with E-state index in [0.29, 0.717) is 0 Å². The molecule has 9 aromatic carbocycles. The highest BCUT2D eigenvalue weighted by atomic mass is 15.2. The molecule has 0 heterocycles. The Labute approximate surface area is 342 Å². The summed E-state index contributed by atoms with van der Waals surface area (Å²) in [5, 5.41) is 0. The molecule has 0 saturated carbocycles. The summed E-state index contributed by atoms with van der Waals surface area (Å²) in [5.41, 5.74) is 18.4. The van der Waals surface area contributed by atoms with Crippen LogP contribution in [0.25, 0.3) is 44.5 Å². The molecule has 0 aromatic heterocycles. The summed E-state index contributed by atoms with van der Waals surface area (Å²) in [4.78, 5) is 4.85. The minimum Gasteiger partial charge on any atom is -0.310 e. The van der Waals surface area contributed by atoms with Gasteiger partial charge in [0.05, 0.1) is 11.4 Å². The lowest BCUT2D eigenvalue weighted by Crippen LogP contribution is -2.15. The summed E-state index contributed by atoms with van der Waals surface area (Å²) in [6, 6.07) is 83.0. The fourth-order valence-electron chi connectivity index (χ4n) is 8.08. The zero-order chi connectivity index (χ0) is 39.3. The van der Waals surface area contributed by atoms with Crippen LogP contribution in [-0.4, -0.2) is 0 Å². The van der Waals surface area contributed by atoms with Gasteiger partial charge >= 0.3 is 0 Å². The third-order valence-electron chi connectivity index (χ3n) is 10.8. The highest BCUT2D eigenvalue weighted by Crippen LogP contribution is 2.46. The predicted molar refractivity (Wildman–Crippen MR) is 247 cm³/mol. The molecule has 0 unspecified atom stereocenters. The quantitative estimate of drug-likeness (QED) is 0.138. The van der Waals surface area contributed by atoms with Crippen LogP contribution >= 0.6 is 0 Å². The van der Waals surface area contributed by atoms with Crippen LogP contribution < -0.4 is 9.80 Å². The number of nitrogens with zero attached hydrogens (tertiary/aromatic N) is 2. The van der Waals surface area contributed by atoms with Gasteiger partial charge in [0.1, 0.15) is 0 Å². The lowest BCUT2D eigenvalue weighted by molar-refractivity contribution is 1.23. The maximum Gasteiger partial charge on any atom is 0.0540 e. The minimum absolute atomic E-state index is 1.07. The van der Waals surface area contributed by atoms with Crippen molar-refractivity contribution >= 4 is 34.1 Å². The van der Waals surface area contributed by atoms with Crippen molar-refractivity contribution in [3.05, 3.63) is 242 Å². The van der Waals surface area contributed by atoms with Crippen LogP contribution in [0.2, 0.25) is 0 Å². The molecule has 0 aliphatic heterocycles. The van der Waals surface area contributed by atoms with E-state index in [-0.39, 0.29) is 0 Å². The summed E-state index contributed by atoms with van der Waals surface area (Å²) < 4.78 is 0. The Bertz CT molecular complexity index is 2780. The number of hydrogen-bond donors (Lipinski definition) is 0. The van der Waals surface area contributed by atoms with Gasteiger partial charge in [0.25, 0.3) is 0 Å². The molecular weight excluding hydrogens is 701 g/mol. The highest BCUT2D eigenvalue weighted by molar-refractivity contribution is 5.93. The van der Waals surface area contributed by atoms with Gasteiger partial charge in [0.15, 0.2) is 0 Å². The molecule has 0 atom stereocenters. The average molecular weight is 745 g/mol. The number of para-hydroxylation sites is 2. The zero-order valence-electron chi connectivity index (χ0n) is 32.8. The van der Waals surface area contributed by atoms with Gasteiger partial charge in [-0.3, -0.25) is 0 Å². The van der Waals surface area contributed by atoms with Crippen molar-refractivity contribution in [3.63, 3.8) is 0 Å². The molecule has 58 heavy (non-hydrogen) atoms.